The van der Waals surface area contributed by atoms with E-state index in [-0.39, 0.29) is 33.4 Å². The van der Waals surface area contributed by atoms with E-state index in [2.05, 4.69) is 9.50 Å². The van der Waals surface area contributed by atoms with Crippen molar-refractivity contribution in [1.29, 1.82) is 0 Å². The second-order valence-electron chi connectivity index (χ2n) is 5.61. The van der Waals surface area contributed by atoms with E-state index in [4.69, 9.17) is 9.84 Å². The molecule has 3 rings (SSSR count). The van der Waals surface area contributed by atoms with Gasteiger partial charge in [-0.3, -0.25) is 0 Å². The number of hydrogen-bond donors (Lipinski definition) is 2. The van der Waals surface area contributed by atoms with Crippen LogP contribution >= 0.6 is 0 Å². The van der Waals surface area contributed by atoms with Gasteiger partial charge < -0.3 is 14.9 Å². The standard InChI is InChI=1S/C17H15N3O6S/c1-20(18-9-10-3-6-13(21)14(7-10)26-2)16-12-5-4-11(17(22)23)8-15(12)27(24,25)19-16/h3-9,21H,1-2H3,(H,22,23)/b18-9+. The van der Waals surface area contributed by atoms with E-state index in [9.17, 15) is 18.3 Å². The first-order chi connectivity index (χ1) is 12.7. The number of carbonyl (C=O) groups is 1. The highest BCUT2D eigenvalue weighted by molar-refractivity contribution is 7.90. The van der Waals surface area contributed by atoms with Crippen molar-refractivity contribution in [3.63, 3.8) is 0 Å². The number of methoxy groups -OCH3 is 1. The highest BCUT2D eigenvalue weighted by atomic mass is 32.2. The molecule has 0 aliphatic carbocycles. The summed E-state index contributed by atoms with van der Waals surface area (Å²) in [6, 6.07) is 8.38. The monoisotopic (exact) mass is 389 g/mol. The van der Waals surface area contributed by atoms with E-state index in [0.717, 1.165) is 6.07 Å². The van der Waals surface area contributed by atoms with E-state index >= 15 is 0 Å². The molecule has 0 aromatic heterocycles. The molecule has 1 aliphatic heterocycles. The number of phenols is 1. The number of aromatic hydroxyl groups is 1. The summed E-state index contributed by atoms with van der Waals surface area (Å²) in [4.78, 5) is 10.9. The third-order valence-corrected chi connectivity index (χ3v) is 5.15. The van der Waals surface area contributed by atoms with Gasteiger partial charge in [-0.15, -0.1) is 4.40 Å². The number of fused-ring (bicyclic) bond motifs is 1. The molecular formula is C17H15N3O6S. The number of carboxylic acids is 1. The maximum atomic E-state index is 12.2. The zero-order valence-electron chi connectivity index (χ0n) is 14.3. The lowest BCUT2D eigenvalue weighted by atomic mass is 10.1. The lowest BCUT2D eigenvalue weighted by Gasteiger charge is -2.12. The molecule has 140 valence electrons. The average molecular weight is 389 g/mol. The maximum Gasteiger partial charge on any atom is 0.335 e. The van der Waals surface area contributed by atoms with Crippen LogP contribution in [0.25, 0.3) is 0 Å². The first kappa shape index (κ1) is 18.4. The van der Waals surface area contributed by atoms with E-state index in [0.29, 0.717) is 5.56 Å². The van der Waals surface area contributed by atoms with Gasteiger partial charge in [0.05, 0.1) is 18.9 Å². The number of hydrogen-bond acceptors (Lipinski definition) is 7. The van der Waals surface area contributed by atoms with E-state index in [1.807, 2.05) is 0 Å². The number of sulfonamides is 1. The molecule has 1 heterocycles. The Balaban J connectivity index is 1.93. The smallest absolute Gasteiger partial charge is 0.335 e. The summed E-state index contributed by atoms with van der Waals surface area (Å²) < 4.78 is 33.2. The van der Waals surface area contributed by atoms with Crippen LogP contribution in [0.3, 0.4) is 0 Å². The molecule has 2 N–H and O–H groups in total. The largest absolute Gasteiger partial charge is 0.504 e. The molecule has 27 heavy (non-hydrogen) atoms. The van der Waals surface area contributed by atoms with Gasteiger partial charge in [-0.2, -0.15) is 13.5 Å². The van der Waals surface area contributed by atoms with Gasteiger partial charge in [0.2, 0.25) is 0 Å². The number of rotatable bonds is 4. The molecule has 2 aromatic carbocycles. The lowest BCUT2D eigenvalue weighted by Crippen LogP contribution is -2.21. The van der Waals surface area contributed by atoms with Crippen LogP contribution in [-0.2, 0) is 10.0 Å². The summed E-state index contributed by atoms with van der Waals surface area (Å²) >= 11 is 0. The van der Waals surface area contributed by atoms with E-state index in [1.165, 1.54) is 43.6 Å². The SMILES string of the molecule is COc1cc(/C=N/N(C)C2=NS(=O)(=O)c3cc(C(=O)O)ccc32)ccc1O. The first-order valence-electron chi connectivity index (χ1n) is 7.60. The van der Waals surface area contributed by atoms with Gasteiger partial charge in [-0.1, -0.05) is 0 Å². The Morgan fingerprint density at radius 1 is 1.26 bits per heavy atom. The molecule has 0 fully saturated rings. The van der Waals surface area contributed by atoms with Gasteiger partial charge in [0.25, 0.3) is 10.0 Å². The second kappa shape index (κ2) is 6.72. The highest BCUT2D eigenvalue weighted by Gasteiger charge is 2.31. The Morgan fingerprint density at radius 3 is 2.67 bits per heavy atom. The van der Waals surface area contributed by atoms with Crippen molar-refractivity contribution in [2.24, 2.45) is 9.50 Å². The van der Waals surface area contributed by atoms with Crippen molar-refractivity contribution < 1.29 is 28.2 Å². The summed E-state index contributed by atoms with van der Waals surface area (Å²) in [6.45, 7) is 0. The van der Waals surface area contributed by atoms with E-state index in [1.54, 1.807) is 12.1 Å². The summed E-state index contributed by atoms with van der Waals surface area (Å²) in [7, 11) is -1.06. The minimum atomic E-state index is -4.00. The Kier molecular flexibility index (Phi) is 4.58. The van der Waals surface area contributed by atoms with Gasteiger partial charge >= 0.3 is 5.97 Å². The van der Waals surface area contributed by atoms with Crippen molar-refractivity contribution in [2.75, 3.05) is 14.2 Å². The van der Waals surface area contributed by atoms with E-state index < -0.39 is 16.0 Å². The zero-order chi connectivity index (χ0) is 19.8. The molecule has 0 radical (unpaired) electrons. The Hall–Kier alpha value is -3.40. The fourth-order valence-corrected chi connectivity index (χ4v) is 3.74. The van der Waals surface area contributed by atoms with Crippen molar-refractivity contribution in [3.05, 3.63) is 53.1 Å². The maximum absolute atomic E-state index is 12.2. The van der Waals surface area contributed by atoms with Gasteiger partial charge in [-0.05, 0) is 42.0 Å². The predicted octanol–water partition coefficient (Wildman–Crippen LogP) is 1.51. The Labute approximate surface area is 154 Å². The molecule has 0 saturated heterocycles. The minimum absolute atomic E-state index is 0.0163. The number of nitrogens with zero attached hydrogens (tertiary/aromatic N) is 3. The molecule has 0 amide bonds. The number of phenolic OH excluding ortho intramolecular Hbond substituents is 1. The van der Waals surface area contributed by atoms with Crippen LogP contribution < -0.4 is 4.74 Å². The number of amidine groups is 1. The third kappa shape index (κ3) is 3.47. The zero-order valence-corrected chi connectivity index (χ0v) is 15.1. The van der Waals surface area contributed by atoms with Crippen molar-refractivity contribution in [3.8, 4) is 11.5 Å². The Bertz CT molecular complexity index is 1090. The van der Waals surface area contributed by atoms with Crippen molar-refractivity contribution in [1.82, 2.24) is 5.01 Å². The van der Waals surface area contributed by atoms with Gasteiger partial charge in [-0.25, -0.2) is 9.80 Å². The molecule has 1 aliphatic rings. The van der Waals surface area contributed by atoms with Crippen LogP contribution in [0.1, 0.15) is 21.5 Å². The summed E-state index contributed by atoms with van der Waals surface area (Å²) in [6.07, 6.45) is 1.45. The molecule has 0 spiro atoms. The number of carboxylic acid groups (broad SMARTS) is 1. The molecule has 2 aromatic rings. The van der Waals surface area contributed by atoms with Crippen LogP contribution in [0.5, 0.6) is 11.5 Å². The summed E-state index contributed by atoms with van der Waals surface area (Å²) in [5.41, 5.74) is 0.735. The van der Waals surface area contributed by atoms with Crippen molar-refractivity contribution in [2.45, 2.75) is 4.90 Å². The molecule has 0 saturated carbocycles. The lowest BCUT2D eigenvalue weighted by molar-refractivity contribution is 0.0696. The van der Waals surface area contributed by atoms with Crippen molar-refractivity contribution >= 4 is 28.0 Å². The molecule has 0 bridgehead atoms. The molecule has 10 heteroatoms. The third-order valence-electron chi connectivity index (χ3n) is 3.84. The number of benzene rings is 2. The fourth-order valence-electron chi connectivity index (χ4n) is 2.48. The van der Waals surface area contributed by atoms with Crippen LogP contribution in [0, 0.1) is 0 Å². The fraction of sp³-hybridized carbons (Fsp3) is 0.118. The van der Waals surface area contributed by atoms with Crippen LogP contribution in [-0.4, -0.2) is 55.8 Å². The van der Waals surface area contributed by atoms with Crippen LogP contribution in [0.15, 0.2) is 50.8 Å². The molecule has 0 atom stereocenters. The Morgan fingerprint density at radius 2 is 2.00 bits per heavy atom. The highest BCUT2D eigenvalue weighted by Crippen LogP contribution is 2.29. The quantitative estimate of drug-likeness (QED) is 0.599. The number of aromatic carboxylic acids is 1. The normalized spacial score (nSPS) is 14.7. The van der Waals surface area contributed by atoms with Crippen LogP contribution in [0.2, 0.25) is 0 Å². The summed E-state index contributed by atoms with van der Waals surface area (Å²) in [5, 5.41) is 24.1. The number of ether oxygens (including phenoxy) is 1. The second-order valence-corrected chi connectivity index (χ2v) is 7.18. The average Bonchev–Trinajstić information content (AvgIpc) is 2.91. The molecular weight excluding hydrogens is 374 g/mol. The topological polar surface area (TPSA) is 129 Å². The molecule has 9 nitrogen and oxygen atoms in total. The summed E-state index contributed by atoms with van der Waals surface area (Å²) in [5.74, 6) is -0.899. The first-order valence-corrected chi connectivity index (χ1v) is 9.04. The minimum Gasteiger partial charge on any atom is -0.504 e. The van der Waals surface area contributed by atoms with Crippen LogP contribution in [0.4, 0.5) is 0 Å². The predicted molar refractivity (Wildman–Crippen MR) is 97.1 cm³/mol. The van der Waals surface area contributed by atoms with Gasteiger partial charge in [0.1, 0.15) is 4.90 Å². The van der Waals surface area contributed by atoms with Gasteiger partial charge in [0.15, 0.2) is 17.3 Å². The van der Waals surface area contributed by atoms with Gasteiger partial charge in [0, 0.05) is 12.6 Å². The molecule has 0 unspecified atom stereocenters. The number of hydrazone groups is 1.